The molecule has 0 aromatic heterocycles. The summed E-state index contributed by atoms with van der Waals surface area (Å²) in [6, 6.07) is 0. The molecule has 0 aliphatic heterocycles. The fourth-order valence-corrected chi connectivity index (χ4v) is 2.88. The van der Waals surface area contributed by atoms with E-state index in [-0.39, 0.29) is 0 Å². The topological polar surface area (TPSA) is 62.4 Å². The maximum Gasteiger partial charge on any atom is 0.0329 e. The average Bonchev–Trinajstić information content (AvgIpc) is 2.60. The second kappa shape index (κ2) is 22.4. The highest BCUT2D eigenvalue weighted by atomic mass is 16.6. The van der Waals surface area contributed by atoms with Gasteiger partial charge in [0.15, 0.2) is 0 Å². The number of nitrogens with one attached hydrogen (secondary N) is 2. The molecule has 24 heavy (non-hydrogen) atoms. The van der Waals surface area contributed by atoms with E-state index >= 15 is 0 Å². The Bertz CT molecular complexity index is 244. The van der Waals surface area contributed by atoms with Crippen LogP contribution < -0.4 is 16.7 Å². The molecule has 0 atom stereocenters. The Hall–Kier alpha value is -0.610. The molecule has 0 unspecified atom stereocenters. The lowest BCUT2D eigenvalue weighted by molar-refractivity contribution is 0.551. The van der Waals surface area contributed by atoms with E-state index in [0.717, 1.165) is 19.5 Å². The SMILES string of the molecule is CCCCCCCCN[16N]=CCCCCCCCCCCCNN. The number of rotatable bonds is 20. The quantitative estimate of drug-likeness (QED) is 0.122. The Morgan fingerprint density at radius 3 is 1.75 bits per heavy atom. The lowest BCUT2D eigenvalue weighted by atomic mass is 10.1. The minimum atomic E-state index is 0.954. The molecule has 0 saturated carbocycles. The van der Waals surface area contributed by atoms with Gasteiger partial charge in [-0.05, 0) is 25.7 Å². The first-order chi connectivity index (χ1) is 11.9. The van der Waals surface area contributed by atoms with Crippen LogP contribution >= 0.6 is 0 Å². The second-order valence-corrected chi connectivity index (χ2v) is 6.91. The molecule has 144 valence electrons. The Morgan fingerprint density at radius 2 is 1.17 bits per heavy atom. The first kappa shape index (κ1) is 23.4. The summed E-state index contributed by atoms with van der Waals surface area (Å²) in [5.41, 5.74) is 5.88. The first-order valence-electron chi connectivity index (χ1n) is 10.6. The number of hydrazone groups is 1. The number of hydrogen-bond donors (Lipinski definition) is 3. The highest BCUT2D eigenvalue weighted by Gasteiger charge is 1.92. The summed E-state index contributed by atoms with van der Waals surface area (Å²) >= 11 is 0. The number of nitrogens with two attached hydrogens (primary N) is 1. The third-order valence-corrected chi connectivity index (χ3v) is 4.48. The molecule has 0 amide bonds. The first-order valence-corrected chi connectivity index (χ1v) is 10.6. The molecule has 0 heterocycles. The molecule has 0 saturated heterocycles. The molecule has 4 N–H and O–H groups in total. The van der Waals surface area contributed by atoms with Gasteiger partial charge in [0.1, 0.15) is 0 Å². The fraction of sp³-hybridized carbons (Fsp3) is 0.950. The zero-order chi connectivity index (χ0) is 17.6. The molecular formula is C20H44N4. The maximum atomic E-state index is 5.25. The van der Waals surface area contributed by atoms with E-state index in [4.69, 9.17) is 5.84 Å². The molecule has 0 aliphatic rings. The van der Waals surface area contributed by atoms with E-state index in [1.54, 1.807) is 0 Å². The van der Waals surface area contributed by atoms with E-state index in [9.17, 15) is 0 Å². The maximum absolute atomic E-state index is 5.25. The molecule has 0 radical (unpaired) electrons. The lowest BCUT2D eigenvalue weighted by Gasteiger charge is -2.02. The van der Waals surface area contributed by atoms with Crippen LogP contribution in [0.25, 0.3) is 0 Å². The van der Waals surface area contributed by atoms with E-state index in [1.807, 2.05) is 0 Å². The van der Waals surface area contributed by atoms with E-state index in [2.05, 4.69) is 29.1 Å². The third kappa shape index (κ3) is 21.4. The van der Waals surface area contributed by atoms with Crippen molar-refractivity contribution in [3.8, 4) is 0 Å². The minimum Gasteiger partial charge on any atom is -0.310 e. The Labute approximate surface area is 151 Å². The lowest BCUT2D eigenvalue weighted by Crippen LogP contribution is -2.22. The minimum absolute atomic E-state index is 0.954. The molecule has 0 fully saturated rings. The highest BCUT2D eigenvalue weighted by molar-refractivity contribution is 5.56. The summed E-state index contributed by atoms with van der Waals surface area (Å²) in [5.74, 6) is 5.25. The largest absolute Gasteiger partial charge is 0.310 e. The molecular weight excluding hydrogens is 298 g/mol. The van der Waals surface area contributed by atoms with Gasteiger partial charge in [0.2, 0.25) is 0 Å². The number of nitrogens with zero attached hydrogens (tertiary/aromatic N) is 1. The van der Waals surface area contributed by atoms with Gasteiger partial charge in [0.05, 0.1) is 0 Å². The van der Waals surface area contributed by atoms with Crippen LogP contribution in [0.4, 0.5) is 0 Å². The van der Waals surface area contributed by atoms with Crippen molar-refractivity contribution in [1.82, 2.24) is 10.9 Å². The van der Waals surface area contributed by atoms with Gasteiger partial charge in [-0.25, -0.2) is 0 Å². The number of hydrogen-bond acceptors (Lipinski definition) is 4. The molecule has 4 heteroatoms. The van der Waals surface area contributed by atoms with Gasteiger partial charge in [-0.15, -0.1) is 0 Å². The standard InChI is InChI=1S/C20H44N4/c1-2-3-4-5-13-16-19-23-24-20-17-14-11-9-7-6-8-10-12-15-18-22-21/h20,22-23H,2-19,21H2,1H3/i24+2. The van der Waals surface area contributed by atoms with Gasteiger partial charge in [0, 0.05) is 19.3 Å². The molecule has 0 rings (SSSR count). The van der Waals surface area contributed by atoms with Crippen molar-refractivity contribution < 1.29 is 0 Å². The van der Waals surface area contributed by atoms with Crippen molar-refractivity contribution in [2.24, 2.45) is 10.9 Å². The van der Waals surface area contributed by atoms with Gasteiger partial charge in [-0.3, -0.25) is 11.3 Å². The Morgan fingerprint density at radius 1 is 0.667 bits per heavy atom. The van der Waals surface area contributed by atoms with Crippen LogP contribution in [0.15, 0.2) is 5.10 Å². The van der Waals surface area contributed by atoms with Gasteiger partial charge in [0.25, 0.3) is 0 Å². The normalized spacial score (nSPS) is 11.4. The monoisotopic (exact) mass is 342 g/mol. The van der Waals surface area contributed by atoms with Crippen LogP contribution in [-0.4, -0.2) is 19.3 Å². The van der Waals surface area contributed by atoms with Crippen LogP contribution in [0.3, 0.4) is 0 Å². The van der Waals surface area contributed by atoms with Gasteiger partial charge in [-0.2, -0.15) is 5.10 Å². The summed E-state index contributed by atoms with van der Waals surface area (Å²) in [6.45, 7) is 4.25. The van der Waals surface area contributed by atoms with Crippen LogP contribution in [0.5, 0.6) is 0 Å². The van der Waals surface area contributed by atoms with Crippen molar-refractivity contribution in [3.63, 3.8) is 0 Å². The van der Waals surface area contributed by atoms with Gasteiger partial charge < -0.3 is 5.43 Å². The Balaban J connectivity index is 3.03. The van der Waals surface area contributed by atoms with Crippen molar-refractivity contribution in [3.05, 3.63) is 0 Å². The summed E-state index contributed by atoms with van der Waals surface area (Å²) in [6.07, 6.45) is 23.3. The van der Waals surface area contributed by atoms with E-state index in [1.165, 1.54) is 96.3 Å². The zero-order valence-electron chi connectivity index (χ0n) is 16.3. The van der Waals surface area contributed by atoms with Crippen LogP contribution in [0.2, 0.25) is 0 Å². The van der Waals surface area contributed by atoms with Crippen molar-refractivity contribution in [2.45, 2.75) is 110 Å². The third-order valence-electron chi connectivity index (χ3n) is 4.48. The summed E-state index contributed by atoms with van der Waals surface area (Å²) in [5, 5.41) is 4.30. The predicted octanol–water partition coefficient (Wildman–Crippen LogP) is 5.29. The average molecular weight is 343 g/mol. The molecule has 0 aromatic rings. The predicted molar refractivity (Wildman–Crippen MR) is 108 cm³/mol. The van der Waals surface area contributed by atoms with Crippen molar-refractivity contribution in [2.75, 3.05) is 13.1 Å². The number of hydrazine groups is 1. The fourth-order valence-electron chi connectivity index (χ4n) is 2.88. The Kier molecular flexibility index (Phi) is 21.8. The van der Waals surface area contributed by atoms with Crippen LogP contribution in [0.1, 0.15) is 110 Å². The van der Waals surface area contributed by atoms with Crippen molar-refractivity contribution in [1.29, 1.82) is 0 Å². The summed E-state index contributed by atoms with van der Waals surface area (Å²) in [7, 11) is 0. The van der Waals surface area contributed by atoms with Gasteiger partial charge in [-0.1, -0.05) is 84.0 Å². The van der Waals surface area contributed by atoms with Crippen molar-refractivity contribution >= 4 is 6.21 Å². The smallest absolute Gasteiger partial charge is 0.0329 e. The summed E-state index contributed by atoms with van der Waals surface area (Å²) < 4.78 is 0. The molecule has 0 aliphatic carbocycles. The molecule has 0 bridgehead atoms. The van der Waals surface area contributed by atoms with E-state index < -0.39 is 0 Å². The highest BCUT2D eigenvalue weighted by Crippen LogP contribution is 2.10. The summed E-state index contributed by atoms with van der Waals surface area (Å²) in [4.78, 5) is 0. The molecule has 4 nitrogen and oxygen atoms in total. The zero-order valence-corrected chi connectivity index (χ0v) is 16.3. The van der Waals surface area contributed by atoms with Gasteiger partial charge >= 0.3 is 0 Å². The molecule has 0 aromatic carbocycles. The number of unbranched alkanes of at least 4 members (excludes halogenated alkanes) is 14. The molecule has 0 spiro atoms. The van der Waals surface area contributed by atoms with Crippen LogP contribution in [0, 0.1) is 0 Å². The second-order valence-electron chi connectivity index (χ2n) is 6.91. The van der Waals surface area contributed by atoms with Crippen LogP contribution in [-0.2, 0) is 0 Å². The van der Waals surface area contributed by atoms with E-state index in [0.29, 0.717) is 0 Å².